The van der Waals surface area contributed by atoms with E-state index in [0.29, 0.717) is 28.3 Å². The summed E-state index contributed by atoms with van der Waals surface area (Å²) in [4.78, 5) is 12.9. The smallest absolute Gasteiger partial charge is 0.261 e. The molecule has 0 aliphatic heterocycles. The van der Waals surface area contributed by atoms with Crippen molar-refractivity contribution in [3.05, 3.63) is 114 Å². The number of amides is 1. The van der Waals surface area contributed by atoms with Crippen LogP contribution in [-0.2, 0) is 10.0 Å². The van der Waals surface area contributed by atoms with E-state index >= 15 is 0 Å². The fourth-order valence-electron chi connectivity index (χ4n) is 3.27. The second kappa shape index (κ2) is 9.80. The summed E-state index contributed by atoms with van der Waals surface area (Å²) in [7, 11) is -3.72. The quantitative estimate of drug-likeness (QED) is 0.338. The molecule has 0 saturated carbocycles. The Labute approximate surface area is 199 Å². The molecule has 4 rings (SSSR count). The Morgan fingerprint density at radius 1 is 0.765 bits per heavy atom. The maximum absolute atomic E-state index is 12.7. The fourth-order valence-corrected chi connectivity index (χ4v) is 4.41. The third-order valence-electron chi connectivity index (χ3n) is 5.16. The van der Waals surface area contributed by atoms with E-state index in [-0.39, 0.29) is 10.8 Å². The molecule has 34 heavy (non-hydrogen) atoms. The maximum atomic E-state index is 12.7. The van der Waals surface area contributed by atoms with Crippen molar-refractivity contribution in [2.45, 2.75) is 18.7 Å². The number of aryl methyl sites for hydroxylation is 2. The highest BCUT2D eigenvalue weighted by Gasteiger charge is 2.16. The number of para-hydroxylation sites is 1. The highest BCUT2D eigenvalue weighted by Crippen LogP contribution is 2.24. The van der Waals surface area contributed by atoms with Crippen LogP contribution in [0.2, 0.25) is 0 Å². The molecule has 0 unspecified atom stereocenters. The number of carbonyl (C=O) groups is 1. The van der Waals surface area contributed by atoms with Gasteiger partial charge in [-0.2, -0.15) is 0 Å². The molecule has 0 spiro atoms. The van der Waals surface area contributed by atoms with Gasteiger partial charge in [-0.05, 0) is 86.1 Å². The number of carbonyl (C=O) groups excluding carboxylic acids is 1. The predicted octanol–water partition coefficient (Wildman–Crippen LogP) is 6.15. The molecule has 6 nitrogen and oxygen atoms in total. The van der Waals surface area contributed by atoms with Crippen molar-refractivity contribution in [2.24, 2.45) is 0 Å². The van der Waals surface area contributed by atoms with Crippen LogP contribution in [0.25, 0.3) is 0 Å². The molecule has 0 fully saturated rings. The molecule has 0 bridgehead atoms. The van der Waals surface area contributed by atoms with E-state index in [0.717, 1.165) is 11.3 Å². The van der Waals surface area contributed by atoms with Crippen LogP contribution in [0.5, 0.6) is 11.5 Å². The first kappa shape index (κ1) is 23.1. The molecule has 4 aromatic carbocycles. The molecule has 2 N–H and O–H groups in total. The zero-order chi connectivity index (χ0) is 24.1. The van der Waals surface area contributed by atoms with Crippen LogP contribution >= 0.6 is 0 Å². The normalized spacial score (nSPS) is 11.0. The first-order valence-corrected chi connectivity index (χ1v) is 12.1. The summed E-state index contributed by atoms with van der Waals surface area (Å²) in [6.07, 6.45) is 0. The Bertz CT molecular complexity index is 1400. The summed E-state index contributed by atoms with van der Waals surface area (Å²) in [5.41, 5.74) is 3.06. The van der Waals surface area contributed by atoms with E-state index in [2.05, 4.69) is 10.0 Å². The molecular weight excluding hydrogens is 448 g/mol. The first-order chi connectivity index (χ1) is 16.3. The Morgan fingerprint density at radius 3 is 2.06 bits per heavy atom. The molecule has 7 heteroatoms. The van der Waals surface area contributed by atoms with E-state index in [9.17, 15) is 13.2 Å². The number of hydrogen-bond acceptors (Lipinski definition) is 4. The van der Waals surface area contributed by atoms with Gasteiger partial charge in [0, 0.05) is 11.3 Å². The fraction of sp³-hybridized carbons (Fsp3) is 0.0741. The Hall–Kier alpha value is -4.10. The molecule has 1 amide bonds. The van der Waals surface area contributed by atoms with Gasteiger partial charge in [-0.1, -0.05) is 35.9 Å². The van der Waals surface area contributed by atoms with Crippen molar-refractivity contribution >= 4 is 27.3 Å². The molecule has 0 aromatic heterocycles. The van der Waals surface area contributed by atoms with E-state index in [1.807, 2.05) is 37.3 Å². The molecule has 4 aromatic rings. The van der Waals surface area contributed by atoms with Crippen LogP contribution in [-0.4, -0.2) is 14.3 Å². The third kappa shape index (κ3) is 5.63. The van der Waals surface area contributed by atoms with Crippen LogP contribution in [0.15, 0.2) is 102 Å². The minimum atomic E-state index is -3.72. The number of rotatable bonds is 7. The Morgan fingerprint density at radius 2 is 1.41 bits per heavy atom. The van der Waals surface area contributed by atoms with Gasteiger partial charge in [-0.3, -0.25) is 9.52 Å². The monoisotopic (exact) mass is 472 g/mol. The molecule has 172 valence electrons. The highest BCUT2D eigenvalue weighted by molar-refractivity contribution is 7.92. The van der Waals surface area contributed by atoms with Gasteiger partial charge in [0.25, 0.3) is 15.9 Å². The maximum Gasteiger partial charge on any atom is 0.261 e. The standard InChI is InChI=1S/C27H24N2O4S/c1-19-8-15-25(16-9-19)34(31,32)29-26-17-10-21(18-20(26)2)27(30)28-22-11-13-24(14-12-22)33-23-6-4-3-5-7-23/h3-18,29H,1-2H3,(H,28,30). The number of benzene rings is 4. The van der Waals surface area contributed by atoms with Crippen molar-refractivity contribution in [1.82, 2.24) is 0 Å². The largest absolute Gasteiger partial charge is 0.457 e. The average Bonchev–Trinajstić information content (AvgIpc) is 2.82. The molecular formula is C27H24N2O4S. The molecule has 0 aliphatic carbocycles. The number of sulfonamides is 1. The molecule has 0 radical (unpaired) electrons. The van der Waals surface area contributed by atoms with Crippen molar-refractivity contribution in [3.63, 3.8) is 0 Å². The lowest BCUT2D eigenvalue weighted by molar-refractivity contribution is 0.102. The van der Waals surface area contributed by atoms with Crippen molar-refractivity contribution in [2.75, 3.05) is 10.0 Å². The lowest BCUT2D eigenvalue weighted by Crippen LogP contribution is -2.15. The van der Waals surface area contributed by atoms with Crippen molar-refractivity contribution < 1.29 is 17.9 Å². The van der Waals surface area contributed by atoms with Gasteiger partial charge in [-0.15, -0.1) is 0 Å². The van der Waals surface area contributed by atoms with Crippen LogP contribution in [0.3, 0.4) is 0 Å². The number of nitrogens with one attached hydrogen (secondary N) is 2. The van der Waals surface area contributed by atoms with Crippen LogP contribution < -0.4 is 14.8 Å². The molecule has 0 heterocycles. The van der Waals surface area contributed by atoms with Crippen LogP contribution in [0.4, 0.5) is 11.4 Å². The molecule has 0 saturated heterocycles. The Balaban J connectivity index is 1.42. The zero-order valence-corrected chi connectivity index (χ0v) is 19.6. The van der Waals surface area contributed by atoms with Gasteiger partial charge < -0.3 is 10.1 Å². The third-order valence-corrected chi connectivity index (χ3v) is 6.54. The topological polar surface area (TPSA) is 84.5 Å². The second-order valence-electron chi connectivity index (χ2n) is 7.84. The van der Waals surface area contributed by atoms with Gasteiger partial charge in [0.15, 0.2) is 0 Å². The van der Waals surface area contributed by atoms with Gasteiger partial charge in [0.2, 0.25) is 0 Å². The van der Waals surface area contributed by atoms with Crippen molar-refractivity contribution in [3.8, 4) is 11.5 Å². The summed E-state index contributed by atoms with van der Waals surface area (Å²) in [5.74, 6) is 1.09. The van der Waals surface area contributed by atoms with Gasteiger partial charge in [0.1, 0.15) is 11.5 Å². The number of hydrogen-bond donors (Lipinski definition) is 2. The van der Waals surface area contributed by atoms with E-state index in [1.54, 1.807) is 73.7 Å². The van der Waals surface area contributed by atoms with Crippen molar-refractivity contribution in [1.29, 1.82) is 0 Å². The van der Waals surface area contributed by atoms with Crippen LogP contribution in [0, 0.1) is 13.8 Å². The lowest BCUT2D eigenvalue weighted by Gasteiger charge is -2.13. The summed E-state index contributed by atoms with van der Waals surface area (Å²) in [6.45, 7) is 3.64. The number of anilines is 2. The molecule has 0 aliphatic rings. The highest BCUT2D eigenvalue weighted by atomic mass is 32.2. The molecule has 0 atom stereocenters. The van der Waals surface area contributed by atoms with Gasteiger partial charge in [-0.25, -0.2) is 8.42 Å². The predicted molar refractivity (Wildman–Crippen MR) is 134 cm³/mol. The minimum absolute atomic E-state index is 0.180. The summed E-state index contributed by atoms with van der Waals surface area (Å²) < 4.78 is 33.7. The summed E-state index contributed by atoms with van der Waals surface area (Å²) >= 11 is 0. The minimum Gasteiger partial charge on any atom is -0.457 e. The van der Waals surface area contributed by atoms with Gasteiger partial charge >= 0.3 is 0 Å². The van der Waals surface area contributed by atoms with Crippen LogP contribution in [0.1, 0.15) is 21.5 Å². The summed E-state index contributed by atoms with van der Waals surface area (Å²) in [6, 6.07) is 27.9. The van der Waals surface area contributed by atoms with E-state index in [4.69, 9.17) is 4.74 Å². The summed E-state index contributed by atoms with van der Waals surface area (Å²) in [5, 5.41) is 2.84. The Kier molecular flexibility index (Phi) is 6.65. The van der Waals surface area contributed by atoms with E-state index < -0.39 is 10.0 Å². The second-order valence-corrected chi connectivity index (χ2v) is 9.52. The van der Waals surface area contributed by atoms with Gasteiger partial charge in [0.05, 0.1) is 10.6 Å². The zero-order valence-electron chi connectivity index (χ0n) is 18.8. The van der Waals surface area contributed by atoms with E-state index in [1.165, 1.54) is 0 Å². The lowest BCUT2D eigenvalue weighted by atomic mass is 10.1. The number of ether oxygens (including phenoxy) is 1. The first-order valence-electron chi connectivity index (χ1n) is 10.6. The average molecular weight is 473 g/mol. The SMILES string of the molecule is Cc1ccc(S(=O)(=O)Nc2ccc(C(=O)Nc3ccc(Oc4ccccc4)cc3)cc2C)cc1.